The van der Waals surface area contributed by atoms with Crippen molar-refractivity contribution in [2.75, 3.05) is 25.5 Å². The highest BCUT2D eigenvalue weighted by Gasteiger charge is 2.26. The zero-order valence-corrected chi connectivity index (χ0v) is 19.1. The van der Waals surface area contributed by atoms with E-state index in [0.717, 1.165) is 4.31 Å². The highest BCUT2D eigenvalue weighted by Crippen LogP contribution is 2.25. The van der Waals surface area contributed by atoms with E-state index in [4.69, 9.17) is 9.47 Å². The Balaban J connectivity index is 1.65. The quantitative estimate of drug-likeness (QED) is 0.517. The van der Waals surface area contributed by atoms with E-state index < -0.39 is 15.9 Å². The first kappa shape index (κ1) is 23.3. The number of amides is 1. The van der Waals surface area contributed by atoms with Crippen LogP contribution in [0.2, 0.25) is 0 Å². The van der Waals surface area contributed by atoms with E-state index in [1.54, 1.807) is 50.2 Å². The summed E-state index contributed by atoms with van der Waals surface area (Å²) >= 11 is 0. The van der Waals surface area contributed by atoms with Gasteiger partial charge in [-0.15, -0.1) is 0 Å². The number of carbonyl (C=O) groups excluding carboxylic acids is 1. The van der Waals surface area contributed by atoms with E-state index in [1.807, 2.05) is 30.3 Å². The van der Waals surface area contributed by atoms with E-state index in [-0.39, 0.29) is 18.0 Å². The molecular weight excluding hydrogens is 428 g/mol. The van der Waals surface area contributed by atoms with Crippen molar-refractivity contribution in [2.24, 2.45) is 0 Å². The van der Waals surface area contributed by atoms with Crippen LogP contribution < -0.4 is 14.8 Å². The van der Waals surface area contributed by atoms with Gasteiger partial charge in [0.1, 0.15) is 17.2 Å². The molecule has 0 heterocycles. The number of anilines is 1. The van der Waals surface area contributed by atoms with Crippen LogP contribution in [0.3, 0.4) is 0 Å². The lowest BCUT2D eigenvalue weighted by molar-refractivity contribution is -0.116. The van der Waals surface area contributed by atoms with Gasteiger partial charge in [-0.1, -0.05) is 25.1 Å². The first-order chi connectivity index (χ1) is 15.3. The third-order valence-corrected chi connectivity index (χ3v) is 6.71. The molecule has 0 saturated heterocycles. The molecule has 0 radical (unpaired) electrons. The molecule has 0 unspecified atom stereocenters. The Hall–Kier alpha value is -3.36. The van der Waals surface area contributed by atoms with Gasteiger partial charge in [-0.25, -0.2) is 8.42 Å². The third kappa shape index (κ3) is 5.66. The number of hydrogen-bond acceptors (Lipinski definition) is 5. The monoisotopic (exact) mass is 454 g/mol. The molecule has 0 aliphatic heterocycles. The van der Waals surface area contributed by atoms with Crippen molar-refractivity contribution in [1.29, 1.82) is 0 Å². The summed E-state index contributed by atoms with van der Waals surface area (Å²) in [6.07, 6.45) is 0. The molecule has 1 amide bonds. The van der Waals surface area contributed by atoms with Gasteiger partial charge in [0.15, 0.2) is 0 Å². The summed E-state index contributed by atoms with van der Waals surface area (Å²) < 4.78 is 38.1. The first-order valence-electron chi connectivity index (χ1n) is 10.1. The molecule has 3 rings (SSSR count). The Morgan fingerprint density at radius 1 is 0.969 bits per heavy atom. The molecule has 0 bridgehead atoms. The third-order valence-electron chi connectivity index (χ3n) is 4.79. The van der Waals surface area contributed by atoms with Gasteiger partial charge in [0, 0.05) is 12.2 Å². The number of sulfonamides is 1. The number of rotatable bonds is 9. The predicted octanol–water partition coefficient (Wildman–Crippen LogP) is 4.45. The molecule has 32 heavy (non-hydrogen) atoms. The maximum Gasteiger partial charge on any atom is 0.243 e. The molecule has 3 aromatic carbocycles. The molecule has 0 aliphatic carbocycles. The van der Waals surface area contributed by atoms with Crippen LogP contribution in [-0.4, -0.2) is 38.8 Å². The summed E-state index contributed by atoms with van der Waals surface area (Å²) in [5, 5.41) is 2.73. The highest BCUT2D eigenvalue weighted by molar-refractivity contribution is 7.89. The zero-order chi connectivity index (χ0) is 23.1. The lowest BCUT2D eigenvalue weighted by Gasteiger charge is -2.20. The summed E-state index contributed by atoms with van der Waals surface area (Å²) in [5.74, 6) is 1.51. The maximum absolute atomic E-state index is 13.0. The van der Waals surface area contributed by atoms with Gasteiger partial charge in [0.2, 0.25) is 15.9 Å². The average Bonchev–Trinajstić information content (AvgIpc) is 2.79. The molecule has 0 atom stereocenters. The largest absolute Gasteiger partial charge is 0.496 e. The minimum atomic E-state index is -3.83. The molecule has 0 spiro atoms. The van der Waals surface area contributed by atoms with Crippen molar-refractivity contribution in [3.8, 4) is 17.2 Å². The Morgan fingerprint density at radius 3 is 2.22 bits per heavy atom. The number of methoxy groups -OCH3 is 1. The number of nitrogens with zero attached hydrogens (tertiary/aromatic N) is 1. The highest BCUT2D eigenvalue weighted by atomic mass is 32.2. The molecule has 7 nitrogen and oxygen atoms in total. The number of para-hydroxylation sites is 1. The van der Waals surface area contributed by atoms with Crippen molar-refractivity contribution in [1.82, 2.24) is 4.31 Å². The minimum Gasteiger partial charge on any atom is -0.496 e. The SMILES string of the molecule is CCN(CC(=O)Nc1ccc(Oc2ccccc2)cc1)S(=O)(=O)c1ccc(OC)c(C)c1. The van der Waals surface area contributed by atoms with Crippen molar-refractivity contribution < 1.29 is 22.7 Å². The number of hydrogen-bond donors (Lipinski definition) is 1. The smallest absolute Gasteiger partial charge is 0.243 e. The Bertz CT molecular complexity index is 1160. The molecule has 3 aromatic rings. The second-order valence-corrected chi connectivity index (χ2v) is 8.99. The topological polar surface area (TPSA) is 84.9 Å². The predicted molar refractivity (Wildman–Crippen MR) is 124 cm³/mol. The van der Waals surface area contributed by atoms with Crippen LogP contribution in [0.15, 0.2) is 77.7 Å². The molecule has 0 saturated carbocycles. The van der Waals surface area contributed by atoms with Gasteiger partial charge in [-0.05, 0) is 67.1 Å². The van der Waals surface area contributed by atoms with E-state index in [1.165, 1.54) is 13.2 Å². The molecule has 0 fully saturated rings. The van der Waals surface area contributed by atoms with E-state index in [9.17, 15) is 13.2 Å². The van der Waals surface area contributed by atoms with Crippen LogP contribution in [0.5, 0.6) is 17.2 Å². The molecule has 0 aliphatic rings. The van der Waals surface area contributed by atoms with E-state index in [2.05, 4.69) is 5.32 Å². The second kappa shape index (κ2) is 10.3. The number of nitrogens with one attached hydrogen (secondary N) is 1. The van der Waals surface area contributed by atoms with E-state index >= 15 is 0 Å². The van der Waals surface area contributed by atoms with Gasteiger partial charge < -0.3 is 14.8 Å². The van der Waals surface area contributed by atoms with Crippen LogP contribution in [0.1, 0.15) is 12.5 Å². The van der Waals surface area contributed by atoms with Crippen LogP contribution in [0, 0.1) is 6.92 Å². The Morgan fingerprint density at radius 2 is 1.62 bits per heavy atom. The maximum atomic E-state index is 13.0. The van der Waals surface area contributed by atoms with Gasteiger partial charge in [0.05, 0.1) is 18.6 Å². The van der Waals surface area contributed by atoms with Gasteiger partial charge in [-0.3, -0.25) is 4.79 Å². The number of likely N-dealkylation sites (N-methyl/N-ethyl adjacent to an activating group) is 1. The van der Waals surface area contributed by atoms with Gasteiger partial charge >= 0.3 is 0 Å². The molecular formula is C24H26N2O5S. The molecule has 168 valence electrons. The Kier molecular flexibility index (Phi) is 7.50. The summed E-state index contributed by atoms with van der Waals surface area (Å²) in [5.41, 5.74) is 1.25. The minimum absolute atomic E-state index is 0.118. The zero-order valence-electron chi connectivity index (χ0n) is 18.2. The molecule has 0 aromatic heterocycles. The summed E-state index contributed by atoms with van der Waals surface area (Å²) in [4.78, 5) is 12.7. The summed E-state index contributed by atoms with van der Waals surface area (Å²) in [7, 11) is -2.30. The average molecular weight is 455 g/mol. The van der Waals surface area contributed by atoms with Crippen molar-refractivity contribution in [3.63, 3.8) is 0 Å². The standard InChI is InChI=1S/C24H26N2O5S/c1-4-26(32(28,29)22-14-15-23(30-3)18(2)16-22)17-24(27)25-19-10-12-21(13-11-19)31-20-8-6-5-7-9-20/h5-16H,4,17H2,1-3H3,(H,25,27). The van der Waals surface area contributed by atoms with Crippen LogP contribution in [0.4, 0.5) is 5.69 Å². The van der Waals surface area contributed by atoms with Crippen molar-refractivity contribution in [3.05, 3.63) is 78.4 Å². The molecule has 8 heteroatoms. The lowest BCUT2D eigenvalue weighted by Crippen LogP contribution is -2.37. The fourth-order valence-electron chi connectivity index (χ4n) is 3.12. The summed E-state index contributed by atoms with van der Waals surface area (Å²) in [6, 6.07) is 20.9. The van der Waals surface area contributed by atoms with Crippen LogP contribution in [0.25, 0.3) is 0 Å². The van der Waals surface area contributed by atoms with E-state index in [0.29, 0.717) is 28.5 Å². The fourth-order valence-corrected chi connectivity index (χ4v) is 4.61. The van der Waals surface area contributed by atoms with Crippen LogP contribution in [-0.2, 0) is 14.8 Å². The van der Waals surface area contributed by atoms with Gasteiger partial charge in [0.25, 0.3) is 0 Å². The normalized spacial score (nSPS) is 11.2. The lowest BCUT2D eigenvalue weighted by atomic mass is 10.2. The summed E-state index contributed by atoms with van der Waals surface area (Å²) in [6.45, 7) is 3.32. The number of carbonyl (C=O) groups is 1. The Labute approximate surface area is 188 Å². The fraction of sp³-hybridized carbons (Fsp3) is 0.208. The van der Waals surface area contributed by atoms with Gasteiger partial charge in [-0.2, -0.15) is 4.31 Å². The number of aryl methyl sites for hydroxylation is 1. The second-order valence-electron chi connectivity index (χ2n) is 7.05. The molecule has 1 N–H and O–H groups in total. The van der Waals surface area contributed by atoms with Crippen molar-refractivity contribution in [2.45, 2.75) is 18.7 Å². The number of ether oxygens (including phenoxy) is 2. The van der Waals surface area contributed by atoms with Crippen LogP contribution >= 0.6 is 0 Å². The first-order valence-corrected chi connectivity index (χ1v) is 11.5. The number of benzene rings is 3. The van der Waals surface area contributed by atoms with Crippen molar-refractivity contribution >= 4 is 21.6 Å².